The van der Waals surface area contributed by atoms with Gasteiger partial charge < -0.3 is 5.32 Å². The molecule has 2 nitrogen and oxygen atoms in total. The van der Waals surface area contributed by atoms with Crippen molar-refractivity contribution >= 4 is 39.1 Å². The average molecular weight is 335 g/mol. The summed E-state index contributed by atoms with van der Waals surface area (Å²) in [4.78, 5) is 12.1. The van der Waals surface area contributed by atoms with Gasteiger partial charge in [-0.1, -0.05) is 23.6 Å². The summed E-state index contributed by atoms with van der Waals surface area (Å²) in [5.41, 5.74) is 1.88. The molecule has 0 saturated carbocycles. The van der Waals surface area contributed by atoms with Gasteiger partial charge in [0.2, 0.25) is 0 Å². The first kappa shape index (κ1) is 13.7. The van der Waals surface area contributed by atoms with Crippen molar-refractivity contribution in [3.63, 3.8) is 0 Å². The molecule has 0 aromatic heterocycles. The molecule has 0 heterocycles. The Morgan fingerprint density at radius 1 is 1.26 bits per heavy atom. The lowest BCUT2D eigenvalue weighted by molar-refractivity contribution is 0.102. The van der Waals surface area contributed by atoms with Gasteiger partial charge in [0.05, 0.1) is 5.56 Å². The van der Waals surface area contributed by atoms with Gasteiger partial charge in [-0.05, 0) is 52.3 Å². The molecular weight excluding hydrogens is 326 g/mol. The molecule has 0 aliphatic carbocycles. The number of hydrogen-bond donors (Lipinski definition) is 1. The van der Waals surface area contributed by atoms with E-state index in [9.17, 15) is 4.79 Å². The summed E-state index contributed by atoms with van der Waals surface area (Å²) in [6, 6.07) is 12.1. The number of rotatable bonds is 2. The lowest BCUT2D eigenvalue weighted by Crippen LogP contribution is -2.12. The third kappa shape index (κ3) is 3.37. The van der Waals surface area contributed by atoms with E-state index >= 15 is 0 Å². The van der Waals surface area contributed by atoms with Crippen LogP contribution in [-0.4, -0.2) is 5.91 Å². The molecule has 0 fully saturated rings. The molecular formula is C15H9BrClNO. The Labute approximate surface area is 124 Å². The summed E-state index contributed by atoms with van der Waals surface area (Å²) in [6.07, 6.45) is 5.32. The van der Waals surface area contributed by atoms with E-state index in [-0.39, 0.29) is 5.91 Å². The summed E-state index contributed by atoms with van der Waals surface area (Å²) in [5, 5.41) is 3.35. The van der Waals surface area contributed by atoms with Crippen LogP contribution < -0.4 is 5.32 Å². The van der Waals surface area contributed by atoms with E-state index in [4.69, 9.17) is 18.0 Å². The van der Waals surface area contributed by atoms with Gasteiger partial charge in [-0.15, -0.1) is 6.42 Å². The lowest BCUT2D eigenvalue weighted by Gasteiger charge is -2.07. The number of hydrogen-bond acceptors (Lipinski definition) is 1. The van der Waals surface area contributed by atoms with E-state index < -0.39 is 0 Å². The highest BCUT2D eigenvalue weighted by atomic mass is 79.9. The van der Waals surface area contributed by atoms with Gasteiger partial charge in [-0.2, -0.15) is 0 Å². The van der Waals surface area contributed by atoms with E-state index in [2.05, 4.69) is 27.2 Å². The van der Waals surface area contributed by atoms with Crippen molar-refractivity contribution in [1.82, 2.24) is 0 Å². The van der Waals surface area contributed by atoms with Crippen molar-refractivity contribution in [2.24, 2.45) is 0 Å². The number of anilines is 1. The Balaban J connectivity index is 2.23. The van der Waals surface area contributed by atoms with Crippen molar-refractivity contribution in [1.29, 1.82) is 0 Å². The van der Waals surface area contributed by atoms with E-state index in [0.717, 1.165) is 0 Å². The molecule has 2 rings (SSSR count). The van der Waals surface area contributed by atoms with Gasteiger partial charge in [-0.25, -0.2) is 0 Å². The zero-order chi connectivity index (χ0) is 13.8. The summed E-state index contributed by atoms with van der Waals surface area (Å²) in [5.74, 6) is 2.30. The third-order valence-corrected chi connectivity index (χ3v) is 3.35. The number of terminal acetylenes is 1. The quantitative estimate of drug-likeness (QED) is 0.814. The number of halogens is 2. The Kier molecular flexibility index (Phi) is 4.26. The first-order chi connectivity index (χ1) is 9.10. The molecule has 0 unspecified atom stereocenters. The van der Waals surface area contributed by atoms with Crippen LogP contribution in [0.5, 0.6) is 0 Å². The van der Waals surface area contributed by atoms with Crippen LogP contribution in [0.15, 0.2) is 46.9 Å². The van der Waals surface area contributed by atoms with Crippen molar-refractivity contribution in [2.75, 3.05) is 5.32 Å². The normalized spacial score (nSPS) is 9.74. The van der Waals surface area contributed by atoms with Gasteiger partial charge in [0.25, 0.3) is 5.91 Å². The second kappa shape index (κ2) is 5.92. The third-order valence-electron chi connectivity index (χ3n) is 2.46. The maximum Gasteiger partial charge on any atom is 0.256 e. The van der Waals surface area contributed by atoms with Crippen molar-refractivity contribution in [3.8, 4) is 12.3 Å². The largest absolute Gasteiger partial charge is 0.322 e. The van der Waals surface area contributed by atoms with Crippen molar-refractivity contribution < 1.29 is 4.79 Å². The summed E-state index contributed by atoms with van der Waals surface area (Å²) in [7, 11) is 0. The fourth-order valence-corrected chi connectivity index (χ4v) is 2.42. The van der Waals surface area contributed by atoms with Gasteiger partial charge >= 0.3 is 0 Å². The minimum Gasteiger partial charge on any atom is -0.322 e. The topological polar surface area (TPSA) is 29.1 Å². The van der Waals surface area contributed by atoms with Crippen LogP contribution in [-0.2, 0) is 0 Å². The lowest BCUT2D eigenvalue weighted by atomic mass is 10.2. The van der Waals surface area contributed by atoms with Crippen LogP contribution in [0, 0.1) is 12.3 Å². The number of carbonyl (C=O) groups is 1. The number of amides is 1. The molecule has 1 N–H and O–H groups in total. The summed E-state index contributed by atoms with van der Waals surface area (Å²) in [6.45, 7) is 0. The second-order valence-electron chi connectivity index (χ2n) is 3.80. The molecule has 2 aromatic rings. The molecule has 4 heteroatoms. The standard InChI is InChI=1S/C15H9BrClNO/c1-2-10-4-3-5-12(8-10)18-15(19)13-7-6-11(17)9-14(13)16/h1,3-9H,(H,18,19). The van der Waals surface area contributed by atoms with Gasteiger partial charge in [-0.3, -0.25) is 4.79 Å². The molecule has 0 atom stereocenters. The fraction of sp³-hybridized carbons (Fsp3) is 0. The maximum atomic E-state index is 12.1. The van der Waals surface area contributed by atoms with Crippen LogP contribution in [0.1, 0.15) is 15.9 Å². The molecule has 0 aliphatic heterocycles. The van der Waals surface area contributed by atoms with Crippen LogP contribution in [0.25, 0.3) is 0 Å². The fourth-order valence-electron chi connectivity index (χ4n) is 1.56. The summed E-state index contributed by atoms with van der Waals surface area (Å²) >= 11 is 9.15. The van der Waals surface area contributed by atoms with Gasteiger partial charge in [0.15, 0.2) is 0 Å². The van der Waals surface area contributed by atoms with Crippen LogP contribution in [0.4, 0.5) is 5.69 Å². The van der Waals surface area contributed by atoms with E-state index in [1.807, 2.05) is 0 Å². The van der Waals surface area contributed by atoms with E-state index in [1.165, 1.54) is 0 Å². The molecule has 19 heavy (non-hydrogen) atoms. The highest BCUT2D eigenvalue weighted by molar-refractivity contribution is 9.10. The van der Waals surface area contributed by atoms with E-state index in [1.54, 1.807) is 42.5 Å². The Morgan fingerprint density at radius 3 is 2.74 bits per heavy atom. The Morgan fingerprint density at radius 2 is 2.05 bits per heavy atom. The highest BCUT2D eigenvalue weighted by Crippen LogP contribution is 2.22. The van der Waals surface area contributed by atoms with Crippen molar-refractivity contribution in [3.05, 3.63) is 63.1 Å². The molecule has 2 aromatic carbocycles. The van der Waals surface area contributed by atoms with Crippen LogP contribution >= 0.6 is 27.5 Å². The monoisotopic (exact) mass is 333 g/mol. The maximum absolute atomic E-state index is 12.1. The molecule has 94 valence electrons. The molecule has 0 aliphatic rings. The van der Waals surface area contributed by atoms with Gasteiger partial charge in [0, 0.05) is 20.7 Å². The number of benzene rings is 2. The Bertz CT molecular complexity index is 676. The molecule has 0 saturated heterocycles. The Hall–Kier alpha value is -1.76. The molecule has 0 spiro atoms. The molecule has 1 amide bonds. The average Bonchev–Trinajstić information content (AvgIpc) is 2.38. The first-order valence-electron chi connectivity index (χ1n) is 5.43. The zero-order valence-corrected chi connectivity index (χ0v) is 12.1. The van der Waals surface area contributed by atoms with Gasteiger partial charge in [0.1, 0.15) is 0 Å². The minimum absolute atomic E-state index is 0.224. The number of nitrogens with one attached hydrogen (secondary N) is 1. The number of carbonyl (C=O) groups excluding carboxylic acids is 1. The summed E-state index contributed by atoms with van der Waals surface area (Å²) < 4.78 is 0.644. The highest BCUT2D eigenvalue weighted by Gasteiger charge is 2.10. The smallest absolute Gasteiger partial charge is 0.256 e. The predicted octanol–water partition coefficient (Wildman–Crippen LogP) is 4.34. The van der Waals surface area contributed by atoms with Crippen LogP contribution in [0.3, 0.4) is 0 Å². The molecule has 0 radical (unpaired) electrons. The van der Waals surface area contributed by atoms with Crippen LogP contribution in [0.2, 0.25) is 5.02 Å². The predicted molar refractivity (Wildman–Crippen MR) is 81.5 cm³/mol. The SMILES string of the molecule is C#Cc1cccc(NC(=O)c2ccc(Cl)cc2Br)c1. The molecule has 0 bridgehead atoms. The van der Waals surface area contributed by atoms with Crippen molar-refractivity contribution in [2.45, 2.75) is 0 Å². The second-order valence-corrected chi connectivity index (χ2v) is 5.09. The minimum atomic E-state index is -0.224. The first-order valence-corrected chi connectivity index (χ1v) is 6.60. The van der Waals surface area contributed by atoms with E-state index in [0.29, 0.717) is 26.3 Å². The zero-order valence-electron chi connectivity index (χ0n) is 9.78.